The van der Waals surface area contributed by atoms with Crippen LogP contribution in [0.3, 0.4) is 0 Å². The van der Waals surface area contributed by atoms with Crippen LogP contribution in [0.25, 0.3) is 0 Å². The Kier molecular flexibility index (Phi) is 4.07. The van der Waals surface area contributed by atoms with Gasteiger partial charge in [-0.2, -0.15) is 5.10 Å². The van der Waals surface area contributed by atoms with Crippen molar-refractivity contribution in [1.29, 1.82) is 0 Å². The Labute approximate surface area is 107 Å². The third-order valence-electron chi connectivity index (χ3n) is 2.25. The molecule has 0 aliphatic carbocycles. The fourth-order valence-electron chi connectivity index (χ4n) is 1.44. The maximum absolute atomic E-state index is 10.1. The summed E-state index contributed by atoms with van der Waals surface area (Å²) in [5.41, 5.74) is 9.06. The number of hydrogen-bond donors (Lipinski definition) is 3. The molecule has 0 saturated carbocycles. The van der Waals surface area contributed by atoms with Crippen molar-refractivity contribution in [2.75, 3.05) is 0 Å². The lowest BCUT2D eigenvalue weighted by Crippen LogP contribution is -2.24. The van der Waals surface area contributed by atoms with Crippen molar-refractivity contribution in [2.24, 2.45) is 10.8 Å². The van der Waals surface area contributed by atoms with Gasteiger partial charge in [0.05, 0.1) is 6.21 Å². The molecule has 0 aliphatic rings. The van der Waals surface area contributed by atoms with Crippen molar-refractivity contribution in [2.45, 2.75) is 26.2 Å². The highest BCUT2D eigenvalue weighted by molar-refractivity contribution is 7.80. The van der Waals surface area contributed by atoms with Crippen molar-refractivity contribution < 1.29 is 5.11 Å². The van der Waals surface area contributed by atoms with Crippen LogP contribution in [0.1, 0.15) is 31.9 Å². The van der Waals surface area contributed by atoms with Crippen LogP contribution in [0.5, 0.6) is 5.75 Å². The van der Waals surface area contributed by atoms with Gasteiger partial charge in [-0.3, -0.25) is 5.43 Å². The summed E-state index contributed by atoms with van der Waals surface area (Å²) in [5.74, 6) is 0.230. The minimum atomic E-state index is -0.121. The molecule has 92 valence electrons. The number of nitrogens with zero attached hydrogens (tertiary/aromatic N) is 1. The largest absolute Gasteiger partial charge is 0.507 e. The van der Waals surface area contributed by atoms with E-state index >= 15 is 0 Å². The van der Waals surface area contributed by atoms with Crippen molar-refractivity contribution in [3.05, 3.63) is 29.3 Å². The lowest BCUT2D eigenvalue weighted by atomic mass is 9.85. The fourth-order valence-corrected chi connectivity index (χ4v) is 1.49. The zero-order valence-corrected chi connectivity index (χ0v) is 11.0. The minimum absolute atomic E-state index is 0.0905. The summed E-state index contributed by atoms with van der Waals surface area (Å²) in [4.78, 5) is 0. The predicted molar refractivity (Wildman–Crippen MR) is 74.3 cm³/mol. The summed E-state index contributed by atoms with van der Waals surface area (Å²) in [5, 5.41) is 14.0. The van der Waals surface area contributed by atoms with E-state index in [1.54, 1.807) is 6.07 Å². The molecule has 0 unspecified atom stereocenters. The van der Waals surface area contributed by atoms with Crippen LogP contribution < -0.4 is 11.2 Å². The lowest BCUT2D eigenvalue weighted by Gasteiger charge is -2.21. The van der Waals surface area contributed by atoms with Crippen LogP contribution >= 0.6 is 12.2 Å². The number of thiocarbonyl (C=S) groups is 1. The van der Waals surface area contributed by atoms with Crippen LogP contribution in [0.4, 0.5) is 0 Å². The van der Waals surface area contributed by atoms with E-state index in [9.17, 15) is 5.11 Å². The van der Waals surface area contributed by atoms with E-state index in [1.807, 2.05) is 32.9 Å². The first-order chi connectivity index (χ1) is 7.82. The van der Waals surface area contributed by atoms with Crippen molar-refractivity contribution >= 4 is 23.5 Å². The number of nitrogens with two attached hydrogens (primary N) is 1. The number of phenolic OH excluding ortho intramolecular Hbond substituents is 1. The molecule has 1 rings (SSSR count). The van der Waals surface area contributed by atoms with Crippen LogP contribution in [0.15, 0.2) is 23.3 Å². The molecular formula is C12H17N3OS. The molecule has 0 radical (unpaired) electrons. The van der Waals surface area contributed by atoms with Gasteiger partial charge in [0.1, 0.15) is 5.75 Å². The lowest BCUT2D eigenvalue weighted by molar-refractivity contribution is 0.446. The first-order valence-electron chi connectivity index (χ1n) is 5.23. The highest BCUT2D eigenvalue weighted by atomic mass is 32.1. The Hall–Kier alpha value is -1.62. The third kappa shape index (κ3) is 3.71. The van der Waals surface area contributed by atoms with Crippen molar-refractivity contribution in [1.82, 2.24) is 5.43 Å². The molecule has 0 fully saturated rings. The van der Waals surface area contributed by atoms with Gasteiger partial charge < -0.3 is 10.8 Å². The molecule has 0 aromatic heterocycles. The molecule has 0 heterocycles. The monoisotopic (exact) mass is 251 g/mol. The molecule has 0 saturated heterocycles. The number of aromatic hydroxyl groups is 1. The molecule has 1 aromatic carbocycles. The number of hydrazone groups is 1. The number of para-hydroxylation sites is 1. The van der Waals surface area contributed by atoms with E-state index in [4.69, 9.17) is 5.73 Å². The first kappa shape index (κ1) is 13.4. The van der Waals surface area contributed by atoms with Gasteiger partial charge in [-0.1, -0.05) is 32.9 Å². The van der Waals surface area contributed by atoms with E-state index in [0.717, 1.165) is 5.56 Å². The molecule has 5 heteroatoms. The average Bonchev–Trinajstić information content (AvgIpc) is 2.18. The van der Waals surface area contributed by atoms with Gasteiger partial charge >= 0.3 is 0 Å². The Morgan fingerprint density at radius 1 is 1.47 bits per heavy atom. The van der Waals surface area contributed by atoms with Gasteiger partial charge in [0.15, 0.2) is 5.11 Å². The molecular weight excluding hydrogens is 234 g/mol. The molecule has 0 bridgehead atoms. The second kappa shape index (κ2) is 5.14. The standard InChI is InChI=1S/C12H17N3OS/c1-12(2,3)9-6-4-5-8(10(9)16)7-14-15-11(13)17/h4-7,16H,1-3H3,(H3,13,15,17)/b14-7+. The topological polar surface area (TPSA) is 70.6 Å². The summed E-state index contributed by atoms with van der Waals surface area (Å²) in [6, 6.07) is 5.55. The molecule has 17 heavy (non-hydrogen) atoms. The first-order valence-corrected chi connectivity index (χ1v) is 5.64. The predicted octanol–water partition coefficient (Wildman–Crippen LogP) is 1.86. The van der Waals surface area contributed by atoms with Gasteiger partial charge in [0.25, 0.3) is 0 Å². The van der Waals surface area contributed by atoms with Crippen LogP contribution in [0.2, 0.25) is 0 Å². The maximum Gasteiger partial charge on any atom is 0.184 e. The van der Waals surface area contributed by atoms with Gasteiger partial charge in [-0.15, -0.1) is 0 Å². The van der Waals surface area contributed by atoms with Gasteiger partial charge in [0.2, 0.25) is 0 Å². The third-order valence-corrected chi connectivity index (χ3v) is 2.34. The molecule has 0 aliphatic heterocycles. The summed E-state index contributed by atoms with van der Waals surface area (Å²) >= 11 is 4.62. The van der Waals surface area contributed by atoms with Crippen molar-refractivity contribution in [3.8, 4) is 5.75 Å². The Morgan fingerprint density at radius 2 is 2.12 bits per heavy atom. The molecule has 0 atom stereocenters. The average molecular weight is 251 g/mol. The second-order valence-electron chi connectivity index (χ2n) is 4.73. The summed E-state index contributed by atoms with van der Waals surface area (Å²) in [6.07, 6.45) is 1.49. The molecule has 4 nitrogen and oxygen atoms in total. The zero-order chi connectivity index (χ0) is 13.1. The Bertz CT molecular complexity index is 450. The van der Waals surface area contributed by atoms with E-state index in [1.165, 1.54) is 6.21 Å². The zero-order valence-electron chi connectivity index (χ0n) is 10.2. The highest BCUT2D eigenvalue weighted by Gasteiger charge is 2.18. The van der Waals surface area contributed by atoms with Gasteiger partial charge in [-0.05, 0) is 29.3 Å². The summed E-state index contributed by atoms with van der Waals surface area (Å²) < 4.78 is 0. The normalized spacial score (nSPS) is 11.7. The maximum atomic E-state index is 10.1. The minimum Gasteiger partial charge on any atom is -0.507 e. The van der Waals surface area contributed by atoms with E-state index in [2.05, 4.69) is 22.7 Å². The number of nitrogens with one attached hydrogen (secondary N) is 1. The summed E-state index contributed by atoms with van der Waals surface area (Å²) in [7, 11) is 0. The van der Waals surface area contributed by atoms with Crippen molar-refractivity contribution in [3.63, 3.8) is 0 Å². The smallest absolute Gasteiger partial charge is 0.184 e. The number of benzene rings is 1. The fraction of sp³-hybridized carbons (Fsp3) is 0.333. The Balaban J connectivity index is 3.03. The van der Waals surface area contributed by atoms with Crippen LogP contribution in [-0.4, -0.2) is 16.4 Å². The van der Waals surface area contributed by atoms with Crippen LogP contribution in [0, 0.1) is 0 Å². The highest BCUT2D eigenvalue weighted by Crippen LogP contribution is 2.32. The molecule has 1 aromatic rings. The molecule has 4 N–H and O–H groups in total. The Morgan fingerprint density at radius 3 is 2.65 bits per heavy atom. The number of rotatable bonds is 2. The molecule has 0 amide bonds. The van der Waals surface area contributed by atoms with Crippen LogP contribution in [-0.2, 0) is 5.41 Å². The number of phenols is 1. The van der Waals surface area contributed by atoms with E-state index in [0.29, 0.717) is 5.56 Å². The second-order valence-corrected chi connectivity index (χ2v) is 5.17. The van der Waals surface area contributed by atoms with Gasteiger partial charge in [0, 0.05) is 5.56 Å². The number of hydrogen-bond acceptors (Lipinski definition) is 3. The van der Waals surface area contributed by atoms with E-state index in [-0.39, 0.29) is 16.3 Å². The summed E-state index contributed by atoms with van der Waals surface area (Å²) in [6.45, 7) is 6.11. The van der Waals surface area contributed by atoms with Gasteiger partial charge in [-0.25, -0.2) is 0 Å². The quantitative estimate of drug-likeness (QED) is 0.426. The SMILES string of the molecule is CC(C)(C)c1cccc(/C=N/NC(N)=S)c1O. The molecule has 0 spiro atoms. The van der Waals surface area contributed by atoms with E-state index < -0.39 is 0 Å².